The number of carbonyl (C=O) groups is 2. The minimum absolute atomic E-state index is 0.0704. The van der Waals surface area contributed by atoms with Crippen molar-refractivity contribution in [1.82, 2.24) is 10.5 Å². The maximum atomic E-state index is 12.6. The zero-order valence-electron chi connectivity index (χ0n) is 15.0. The van der Waals surface area contributed by atoms with Crippen molar-refractivity contribution in [3.05, 3.63) is 17.5 Å². The largest absolute Gasteiger partial charge is 0.464 e. The fourth-order valence-electron chi connectivity index (χ4n) is 3.27. The molecule has 0 radical (unpaired) electrons. The Balaban J connectivity index is 2.13. The Morgan fingerprint density at radius 3 is 2.58 bits per heavy atom. The maximum Gasteiger partial charge on any atom is 0.328 e. The summed E-state index contributed by atoms with van der Waals surface area (Å²) in [6, 6.07) is -0.611. The summed E-state index contributed by atoms with van der Waals surface area (Å²) in [5.74, 6) is 0.183. The highest BCUT2D eigenvalue weighted by Gasteiger charge is 2.34. The van der Waals surface area contributed by atoms with Crippen LogP contribution in [-0.2, 0) is 9.53 Å². The molecule has 0 saturated heterocycles. The predicted molar refractivity (Wildman–Crippen MR) is 89.6 cm³/mol. The minimum Gasteiger partial charge on any atom is -0.464 e. The molecule has 6 heteroatoms. The number of nitrogens with one attached hydrogen (secondary N) is 1. The van der Waals surface area contributed by atoms with Crippen LogP contribution in [0.4, 0.5) is 0 Å². The normalized spacial score (nSPS) is 22.2. The summed E-state index contributed by atoms with van der Waals surface area (Å²) in [5.41, 5.74) is 0.996. The first-order valence-electron chi connectivity index (χ1n) is 8.85. The third-order valence-corrected chi connectivity index (χ3v) is 4.75. The highest BCUT2D eigenvalue weighted by atomic mass is 16.5. The van der Waals surface area contributed by atoms with Gasteiger partial charge >= 0.3 is 5.97 Å². The summed E-state index contributed by atoms with van der Waals surface area (Å²) in [4.78, 5) is 25.0. The number of aromatic nitrogens is 1. The number of hydrogen-bond donors (Lipinski definition) is 1. The number of carbonyl (C=O) groups excluding carboxylic acids is 2. The van der Waals surface area contributed by atoms with E-state index in [1.165, 1.54) is 6.26 Å². The standard InChI is InChI=1S/C18H28N2O4/c1-5-23-18(22)16(13-8-6-12(4)7-9-13)19-17(21)14-10-24-20-15(14)11(2)3/h10-13,16H,5-9H2,1-4H3,(H,19,21)/t12?,13?,16-/m0/s1. The molecule has 0 spiro atoms. The van der Waals surface area contributed by atoms with Crippen LogP contribution in [0.3, 0.4) is 0 Å². The van der Waals surface area contributed by atoms with Gasteiger partial charge in [-0.1, -0.05) is 38.8 Å². The van der Waals surface area contributed by atoms with Crippen LogP contribution < -0.4 is 5.32 Å². The van der Waals surface area contributed by atoms with Gasteiger partial charge in [-0.05, 0) is 37.5 Å². The number of ether oxygens (including phenoxy) is 1. The molecule has 2 rings (SSSR count). The molecule has 134 valence electrons. The van der Waals surface area contributed by atoms with Gasteiger partial charge in [0, 0.05) is 0 Å². The highest BCUT2D eigenvalue weighted by molar-refractivity contribution is 5.97. The Kier molecular flexibility index (Phi) is 6.40. The Morgan fingerprint density at radius 2 is 2.00 bits per heavy atom. The molecule has 1 amide bonds. The number of amides is 1. The van der Waals surface area contributed by atoms with Gasteiger partial charge in [-0.2, -0.15) is 0 Å². The van der Waals surface area contributed by atoms with Crippen molar-refractivity contribution in [3.63, 3.8) is 0 Å². The number of nitrogens with zero attached hydrogens (tertiary/aromatic N) is 1. The average molecular weight is 336 g/mol. The van der Waals surface area contributed by atoms with Crippen molar-refractivity contribution in [2.75, 3.05) is 6.61 Å². The molecule has 1 aliphatic rings. The van der Waals surface area contributed by atoms with E-state index in [4.69, 9.17) is 9.26 Å². The van der Waals surface area contributed by atoms with Crippen molar-refractivity contribution in [3.8, 4) is 0 Å². The van der Waals surface area contributed by atoms with Crippen molar-refractivity contribution >= 4 is 11.9 Å². The van der Waals surface area contributed by atoms with E-state index >= 15 is 0 Å². The van der Waals surface area contributed by atoms with Crippen molar-refractivity contribution in [2.24, 2.45) is 11.8 Å². The van der Waals surface area contributed by atoms with Crippen molar-refractivity contribution in [1.29, 1.82) is 0 Å². The maximum absolute atomic E-state index is 12.6. The van der Waals surface area contributed by atoms with Gasteiger partial charge in [0.1, 0.15) is 17.9 Å². The quantitative estimate of drug-likeness (QED) is 0.806. The topological polar surface area (TPSA) is 81.4 Å². The first kappa shape index (κ1) is 18.5. The van der Waals surface area contributed by atoms with Crippen LogP contribution in [0.2, 0.25) is 0 Å². The van der Waals surface area contributed by atoms with Gasteiger partial charge in [-0.25, -0.2) is 4.79 Å². The molecule has 1 fully saturated rings. The lowest BCUT2D eigenvalue weighted by molar-refractivity contribution is -0.147. The molecular weight excluding hydrogens is 308 g/mol. The van der Waals surface area contributed by atoms with E-state index in [-0.39, 0.29) is 23.7 Å². The number of hydrogen-bond acceptors (Lipinski definition) is 5. The first-order valence-corrected chi connectivity index (χ1v) is 8.85. The summed E-state index contributed by atoms with van der Waals surface area (Å²) in [6.07, 6.45) is 5.33. The second-order valence-electron chi connectivity index (χ2n) is 6.99. The fourth-order valence-corrected chi connectivity index (χ4v) is 3.27. The smallest absolute Gasteiger partial charge is 0.328 e. The lowest BCUT2D eigenvalue weighted by Crippen LogP contribution is -2.48. The van der Waals surface area contributed by atoms with Gasteiger partial charge in [0.05, 0.1) is 12.3 Å². The van der Waals surface area contributed by atoms with Crippen LogP contribution in [0.5, 0.6) is 0 Å². The van der Waals surface area contributed by atoms with E-state index in [2.05, 4.69) is 17.4 Å². The summed E-state index contributed by atoms with van der Waals surface area (Å²) < 4.78 is 10.1. The fraction of sp³-hybridized carbons (Fsp3) is 0.722. The lowest BCUT2D eigenvalue weighted by atomic mass is 9.79. The zero-order chi connectivity index (χ0) is 17.7. The van der Waals surface area contributed by atoms with Crippen molar-refractivity contribution < 1.29 is 18.8 Å². The third-order valence-electron chi connectivity index (χ3n) is 4.75. The average Bonchev–Trinajstić information content (AvgIpc) is 3.03. The Labute approximate surface area is 143 Å². The summed E-state index contributed by atoms with van der Waals surface area (Å²) in [6.45, 7) is 8.19. The van der Waals surface area contributed by atoms with Gasteiger partial charge in [0.15, 0.2) is 0 Å². The van der Waals surface area contributed by atoms with Crippen LogP contribution in [-0.4, -0.2) is 29.7 Å². The van der Waals surface area contributed by atoms with Crippen molar-refractivity contribution in [2.45, 2.75) is 65.3 Å². The van der Waals surface area contributed by atoms with E-state index < -0.39 is 6.04 Å². The van der Waals surface area contributed by atoms with E-state index in [9.17, 15) is 9.59 Å². The molecule has 0 bridgehead atoms. The predicted octanol–water partition coefficient (Wildman–Crippen LogP) is 3.29. The SMILES string of the molecule is CCOC(=O)[C@@H](NC(=O)c1conc1C(C)C)C1CCC(C)CC1. The first-order chi connectivity index (χ1) is 11.4. The molecule has 0 aliphatic heterocycles. The molecule has 1 aromatic rings. The molecule has 1 atom stereocenters. The Morgan fingerprint density at radius 1 is 1.33 bits per heavy atom. The number of esters is 1. The number of rotatable bonds is 6. The molecule has 1 aliphatic carbocycles. The molecule has 0 aromatic carbocycles. The van der Waals surface area contributed by atoms with Gasteiger partial charge in [0.2, 0.25) is 0 Å². The summed E-state index contributed by atoms with van der Waals surface area (Å²) in [7, 11) is 0. The van der Waals surface area contributed by atoms with E-state index in [0.29, 0.717) is 23.8 Å². The van der Waals surface area contributed by atoms with E-state index in [0.717, 1.165) is 25.7 Å². The molecule has 24 heavy (non-hydrogen) atoms. The van der Waals surface area contributed by atoms with Gasteiger partial charge in [-0.3, -0.25) is 4.79 Å². The zero-order valence-corrected chi connectivity index (χ0v) is 15.0. The lowest BCUT2D eigenvalue weighted by Gasteiger charge is -2.31. The molecule has 1 aromatic heterocycles. The molecular formula is C18H28N2O4. The highest BCUT2D eigenvalue weighted by Crippen LogP contribution is 2.31. The molecule has 0 unspecified atom stereocenters. The monoisotopic (exact) mass is 336 g/mol. The van der Waals surface area contributed by atoms with E-state index in [1.54, 1.807) is 6.92 Å². The molecule has 6 nitrogen and oxygen atoms in total. The van der Waals surface area contributed by atoms with Gasteiger partial charge < -0.3 is 14.6 Å². The third kappa shape index (κ3) is 4.36. The van der Waals surface area contributed by atoms with Crippen LogP contribution in [0.15, 0.2) is 10.8 Å². The summed E-state index contributed by atoms with van der Waals surface area (Å²) in [5, 5.41) is 6.77. The molecule has 1 saturated carbocycles. The van der Waals surface area contributed by atoms with Crippen LogP contribution in [0.1, 0.15) is 75.3 Å². The second kappa shape index (κ2) is 8.31. The Hall–Kier alpha value is -1.85. The van der Waals surface area contributed by atoms with Gasteiger partial charge in [0.25, 0.3) is 5.91 Å². The van der Waals surface area contributed by atoms with Crippen LogP contribution in [0.25, 0.3) is 0 Å². The van der Waals surface area contributed by atoms with E-state index in [1.807, 2.05) is 13.8 Å². The Bertz CT molecular complexity index is 559. The van der Waals surface area contributed by atoms with Crippen LogP contribution >= 0.6 is 0 Å². The molecule has 1 N–H and O–H groups in total. The van der Waals surface area contributed by atoms with Gasteiger partial charge in [-0.15, -0.1) is 0 Å². The van der Waals surface area contributed by atoms with Crippen LogP contribution in [0, 0.1) is 11.8 Å². The summed E-state index contributed by atoms with van der Waals surface area (Å²) >= 11 is 0. The minimum atomic E-state index is -0.611. The molecule has 1 heterocycles. The second-order valence-corrected chi connectivity index (χ2v) is 6.99.